The fourth-order valence-corrected chi connectivity index (χ4v) is 2.11. The number of nitrogens with two attached hydrogens (primary N) is 1. The second kappa shape index (κ2) is 2.92. The van der Waals surface area contributed by atoms with E-state index in [9.17, 15) is 13.9 Å². The Kier molecular flexibility index (Phi) is 2.01. The van der Waals surface area contributed by atoms with Gasteiger partial charge in [-0.1, -0.05) is 17.7 Å². The van der Waals surface area contributed by atoms with Gasteiger partial charge in [0.2, 0.25) is 0 Å². The molecule has 0 heterocycles. The predicted octanol–water partition coefficient (Wildman–Crippen LogP) is 2.28. The lowest BCUT2D eigenvalue weighted by Gasteiger charge is -2.45. The van der Waals surface area contributed by atoms with Crippen LogP contribution in [0.25, 0.3) is 0 Å². The van der Waals surface area contributed by atoms with Gasteiger partial charge in [0.1, 0.15) is 5.75 Å². The van der Waals surface area contributed by atoms with Gasteiger partial charge in [-0.25, -0.2) is 8.78 Å². The fourth-order valence-electron chi connectivity index (χ4n) is 2.11. The van der Waals surface area contributed by atoms with E-state index in [0.717, 1.165) is 5.56 Å². The van der Waals surface area contributed by atoms with Crippen LogP contribution in [-0.2, 0) is 5.54 Å². The van der Waals surface area contributed by atoms with Crippen molar-refractivity contribution in [1.82, 2.24) is 0 Å². The van der Waals surface area contributed by atoms with E-state index < -0.39 is 24.3 Å². The van der Waals surface area contributed by atoms with Crippen LogP contribution in [0.2, 0.25) is 0 Å². The maximum atomic E-state index is 12.8. The molecule has 0 atom stereocenters. The Hall–Kier alpha value is -1.16. The molecular formula is C11H13F2NO. The van der Waals surface area contributed by atoms with Crippen molar-refractivity contribution < 1.29 is 13.9 Å². The SMILES string of the molecule is Cc1ccc(O)c(C2(N)CC(F)(F)C2)c1. The summed E-state index contributed by atoms with van der Waals surface area (Å²) in [5.74, 6) is -2.69. The number of hydrogen-bond acceptors (Lipinski definition) is 2. The summed E-state index contributed by atoms with van der Waals surface area (Å²) in [4.78, 5) is 0. The Labute approximate surface area is 86.7 Å². The van der Waals surface area contributed by atoms with Gasteiger partial charge in [0.25, 0.3) is 5.92 Å². The van der Waals surface area contributed by atoms with Crippen molar-refractivity contribution in [3.05, 3.63) is 29.3 Å². The molecule has 4 heteroatoms. The van der Waals surface area contributed by atoms with E-state index in [-0.39, 0.29) is 5.75 Å². The van der Waals surface area contributed by atoms with Crippen LogP contribution in [0.1, 0.15) is 24.0 Å². The quantitative estimate of drug-likeness (QED) is 0.751. The summed E-state index contributed by atoms with van der Waals surface area (Å²) in [7, 11) is 0. The molecule has 2 rings (SSSR count). The fraction of sp³-hybridized carbons (Fsp3) is 0.455. The minimum atomic E-state index is -2.69. The van der Waals surface area contributed by atoms with E-state index in [4.69, 9.17) is 5.73 Å². The van der Waals surface area contributed by atoms with Gasteiger partial charge in [-0.15, -0.1) is 0 Å². The van der Waals surface area contributed by atoms with Crippen molar-refractivity contribution in [2.24, 2.45) is 5.73 Å². The number of benzene rings is 1. The van der Waals surface area contributed by atoms with Crippen molar-refractivity contribution in [1.29, 1.82) is 0 Å². The lowest BCUT2D eigenvalue weighted by Crippen LogP contribution is -2.55. The molecule has 82 valence electrons. The Morgan fingerprint density at radius 2 is 1.93 bits per heavy atom. The molecule has 1 aromatic carbocycles. The highest BCUT2D eigenvalue weighted by Crippen LogP contribution is 2.51. The predicted molar refractivity (Wildman–Crippen MR) is 52.9 cm³/mol. The van der Waals surface area contributed by atoms with Crippen LogP contribution in [0.15, 0.2) is 18.2 Å². The van der Waals surface area contributed by atoms with E-state index in [1.807, 2.05) is 6.92 Å². The first-order valence-corrected chi connectivity index (χ1v) is 4.79. The van der Waals surface area contributed by atoms with Gasteiger partial charge in [-0.3, -0.25) is 0 Å². The van der Waals surface area contributed by atoms with E-state index in [1.54, 1.807) is 12.1 Å². The van der Waals surface area contributed by atoms with Crippen molar-refractivity contribution in [3.8, 4) is 5.75 Å². The molecule has 0 unspecified atom stereocenters. The molecule has 0 radical (unpaired) electrons. The third-order valence-corrected chi connectivity index (χ3v) is 2.84. The molecular weight excluding hydrogens is 200 g/mol. The normalized spacial score (nSPS) is 22.1. The van der Waals surface area contributed by atoms with E-state index in [0.29, 0.717) is 5.56 Å². The van der Waals surface area contributed by atoms with Gasteiger partial charge in [-0.2, -0.15) is 0 Å². The summed E-state index contributed by atoms with van der Waals surface area (Å²) in [6.45, 7) is 1.84. The molecule has 0 aliphatic heterocycles. The topological polar surface area (TPSA) is 46.2 Å². The first-order valence-electron chi connectivity index (χ1n) is 4.79. The van der Waals surface area contributed by atoms with E-state index in [1.165, 1.54) is 6.07 Å². The summed E-state index contributed by atoms with van der Waals surface area (Å²) >= 11 is 0. The average molecular weight is 213 g/mol. The molecule has 1 saturated carbocycles. The second-order valence-corrected chi connectivity index (χ2v) is 4.39. The summed E-state index contributed by atoms with van der Waals surface area (Å²) in [5, 5.41) is 9.58. The number of aromatic hydroxyl groups is 1. The zero-order valence-electron chi connectivity index (χ0n) is 8.43. The molecule has 0 bridgehead atoms. The molecule has 0 spiro atoms. The first-order chi connectivity index (χ1) is 6.82. The lowest BCUT2D eigenvalue weighted by molar-refractivity contribution is -0.125. The molecule has 1 aliphatic carbocycles. The zero-order valence-corrected chi connectivity index (χ0v) is 8.43. The van der Waals surface area contributed by atoms with Crippen LogP contribution in [0, 0.1) is 6.92 Å². The van der Waals surface area contributed by atoms with Crippen LogP contribution in [-0.4, -0.2) is 11.0 Å². The third-order valence-electron chi connectivity index (χ3n) is 2.84. The van der Waals surface area contributed by atoms with E-state index in [2.05, 4.69) is 0 Å². The monoisotopic (exact) mass is 213 g/mol. The molecule has 0 aromatic heterocycles. The Bertz CT molecular complexity index is 396. The smallest absolute Gasteiger partial charge is 0.252 e. The van der Waals surface area contributed by atoms with Gasteiger partial charge in [-0.05, 0) is 13.0 Å². The number of halogens is 2. The Morgan fingerprint density at radius 3 is 2.47 bits per heavy atom. The van der Waals surface area contributed by atoms with Crippen molar-refractivity contribution in [3.63, 3.8) is 0 Å². The average Bonchev–Trinajstić information content (AvgIpc) is 2.05. The van der Waals surface area contributed by atoms with Gasteiger partial charge in [0.15, 0.2) is 0 Å². The largest absolute Gasteiger partial charge is 0.508 e. The van der Waals surface area contributed by atoms with Gasteiger partial charge >= 0.3 is 0 Å². The van der Waals surface area contributed by atoms with Crippen LogP contribution >= 0.6 is 0 Å². The zero-order chi connectivity index (χ0) is 11.3. The minimum Gasteiger partial charge on any atom is -0.508 e. The Morgan fingerprint density at radius 1 is 1.33 bits per heavy atom. The van der Waals surface area contributed by atoms with Crippen LogP contribution in [0.3, 0.4) is 0 Å². The van der Waals surface area contributed by atoms with Crippen molar-refractivity contribution in [2.75, 3.05) is 0 Å². The highest BCUT2D eigenvalue weighted by atomic mass is 19.3. The molecule has 3 N–H and O–H groups in total. The van der Waals surface area contributed by atoms with Gasteiger partial charge in [0, 0.05) is 18.4 Å². The summed E-state index contributed by atoms with van der Waals surface area (Å²) in [6.07, 6.45) is -0.784. The van der Waals surface area contributed by atoms with Crippen molar-refractivity contribution >= 4 is 0 Å². The number of alkyl halides is 2. The molecule has 1 aromatic rings. The van der Waals surface area contributed by atoms with Crippen LogP contribution in [0.5, 0.6) is 5.75 Å². The number of phenolic OH excluding ortho intramolecular Hbond substituents is 1. The lowest BCUT2D eigenvalue weighted by atomic mass is 9.69. The number of aryl methyl sites for hydroxylation is 1. The summed E-state index contributed by atoms with van der Waals surface area (Å²) < 4.78 is 25.6. The third kappa shape index (κ3) is 1.69. The van der Waals surface area contributed by atoms with Crippen molar-refractivity contribution in [2.45, 2.75) is 31.2 Å². The standard InChI is InChI=1S/C11H13F2NO/c1-7-2-3-9(15)8(4-7)10(14)5-11(12,13)6-10/h2-4,15H,5-6,14H2,1H3. The van der Waals surface area contributed by atoms with Crippen LogP contribution in [0.4, 0.5) is 8.78 Å². The number of hydrogen-bond donors (Lipinski definition) is 2. The summed E-state index contributed by atoms with van der Waals surface area (Å²) in [5.41, 5.74) is 6.09. The molecule has 1 fully saturated rings. The first kappa shape index (κ1) is 10.4. The molecule has 2 nitrogen and oxygen atoms in total. The van der Waals surface area contributed by atoms with Gasteiger partial charge in [0.05, 0.1) is 5.54 Å². The maximum Gasteiger partial charge on any atom is 0.252 e. The maximum absolute atomic E-state index is 12.8. The van der Waals surface area contributed by atoms with Crippen LogP contribution < -0.4 is 5.73 Å². The number of phenols is 1. The van der Waals surface area contributed by atoms with Gasteiger partial charge < -0.3 is 10.8 Å². The number of rotatable bonds is 1. The Balaban J connectivity index is 2.35. The molecule has 0 saturated heterocycles. The minimum absolute atomic E-state index is 0.00130. The highest BCUT2D eigenvalue weighted by Gasteiger charge is 2.56. The van der Waals surface area contributed by atoms with E-state index >= 15 is 0 Å². The molecule has 0 amide bonds. The second-order valence-electron chi connectivity index (χ2n) is 4.39. The molecule has 1 aliphatic rings. The molecule has 15 heavy (non-hydrogen) atoms. The highest BCUT2D eigenvalue weighted by molar-refractivity contribution is 5.42. The summed E-state index contributed by atoms with van der Waals surface area (Å²) in [6, 6.07) is 4.89.